The molecule has 0 radical (unpaired) electrons. The fourth-order valence-electron chi connectivity index (χ4n) is 2.11. The zero-order valence-electron chi connectivity index (χ0n) is 13.1. The van der Waals surface area contributed by atoms with Crippen LogP contribution in [0.25, 0.3) is 0 Å². The van der Waals surface area contributed by atoms with Crippen molar-refractivity contribution in [3.05, 3.63) is 35.4 Å². The molecule has 1 unspecified atom stereocenters. The Balaban J connectivity index is 2.57. The Labute approximate surface area is 118 Å². The second-order valence-corrected chi connectivity index (χ2v) is 5.74. The monoisotopic (exact) mass is 263 g/mol. The lowest BCUT2D eigenvalue weighted by atomic mass is 9.99. The highest BCUT2D eigenvalue weighted by Crippen LogP contribution is 2.15. The molecule has 0 fully saturated rings. The Morgan fingerprint density at radius 3 is 2.16 bits per heavy atom. The molecule has 0 saturated carbocycles. The summed E-state index contributed by atoms with van der Waals surface area (Å²) in [5.74, 6) is 0.600. The Morgan fingerprint density at radius 1 is 1.05 bits per heavy atom. The van der Waals surface area contributed by atoms with E-state index in [0.29, 0.717) is 18.1 Å². The van der Waals surface area contributed by atoms with E-state index >= 15 is 0 Å². The van der Waals surface area contributed by atoms with Crippen LogP contribution in [0, 0.1) is 0 Å². The van der Waals surface area contributed by atoms with Gasteiger partial charge in [-0.15, -0.1) is 0 Å². The van der Waals surface area contributed by atoms with Gasteiger partial charge in [0.2, 0.25) is 0 Å². The van der Waals surface area contributed by atoms with Crippen molar-refractivity contribution in [3.8, 4) is 0 Å². The molecule has 1 rings (SSSR count). The highest BCUT2D eigenvalue weighted by molar-refractivity contribution is 5.25. The molecule has 0 aliphatic heterocycles. The highest BCUT2D eigenvalue weighted by Gasteiger charge is 2.10. The number of hydrogen-bond acceptors (Lipinski definition) is 2. The van der Waals surface area contributed by atoms with Crippen LogP contribution in [0.3, 0.4) is 0 Å². The summed E-state index contributed by atoms with van der Waals surface area (Å²) in [5, 5.41) is 3.50. The van der Waals surface area contributed by atoms with Crippen LogP contribution in [-0.2, 0) is 11.2 Å². The maximum Gasteiger partial charge on any atom is 0.0626 e. The first-order valence-corrected chi connectivity index (χ1v) is 7.46. The smallest absolute Gasteiger partial charge is 0.0626 e. The van der Waals surface area contributed by atoms with E-state index in [4.69, 9.17) is 4.74 Å². The number of likely N-dealkylation sites (N-methyl/N-ethyl adjacent to an activating group) is 1. The van der Waals surface area contributed by atoms with Crippen molar-refractivity contribution >= 4 is 0 Å². The fraction of sp³-hybridized carbons (Fsp3) is 0.647. The minimum absolute atomic E-state index is 0.296. The van der Waals surface area contributed by atoms with Gasteiger partial charge in [0.25, 0.3) is 0 Å². The van der Waals surface area contributed by atoms with Crippen LogP contribution in [-0.4, -0.2) is 25.3 Å². The second-order valence-electron chi connectivity index (χ2n) is 5.74. The Bertz CT molecular complexity index is 343. The van der Waals surface area contributed by atoms with Gasteiger partial charge in [0, 0.05) is 6.04 Å². The molecule has 0 aliphatic rings. The summed E-state index contributed by atoms with van der Waals surface area (Å²) in [5.41, 5.74) is 2.78. The molecule has 1 aromatic rings. The average molecular weight is 263 g/mol. The van der Waals surface area contributed by atoms with Crippen molar-refractivity contribution in [1.82, 2.24) is 5.32 Å². The van der Waals surface area contributed by atoms with Gasteiger partial charge in [-0.2, -0.15) is 0 Å². The summed E-state index contributed by atoms with van der Waals surface area (Å²) in [6.45, 7) is 12.5. The first kappa shape index (κ1) is 16.2. The maximum absolute atomic E-state index is 5.73. The maximum atomic E-state index is 5.73. The summed E-state index contributed by atoms with van der Waals surface area (Å²) < 4.78 is 5.73. The largest absolute Gasteiger partial charge is 0.377 e. The minimum atomic E-state index is 0.296. The number of rotatable bonds is 8. The Morgan fingerprint density at radius 2 is 1.68 bits per heavy atom. The molecule has 0 saturated heterocycles. The minimum Gasteiger partial charge on any atom is -0.377 e. The third kappa shape index (κ3) is 6.22. The van der Waals surface area contributed by atoms with Crippen molar-refractivity contribution in [2.75, 3.05) is 13.2 Å². The number of benzene rings is 1. The van der Waals surface area contributed by atoms with E-state index in [1.165, 1.54) is 11.1 Å². The standard InChI is InChI=1S/C17H29NO/c1-6-18-17(12-19-14(4)5)11-15-7-9-16(10-8-15)13(2)3/h7-10,13-14,17-18H,6,11-12H2,1-5H3. The fourth-order valence-corrected chi connectivity index (χ4v) is 2.11. The first-order chi connectivity index (χ1) is 9.02. The summed E-state index contributed by atoms with van der Waals surface area (Å²) in [6, 6.07) is 9.38. The van der Waals surface area contributed by atoms with Crippen molar-refractivity contribution in [1.29, 1.82) is 0 Å². The number of hydrogen-bond donors (Lipinski definition) is 1. The van der Waals surface area contributed by atoms with E-state index in [0.717, 1.165) is 19.6 Å². The van der Waals surface area contributed by atoms with Crippen LogP contribution in [0.4, 0.5) is 0 Å². The number of nitrogens with one attached hydrogen (secondary N) is 1. The van der Waals surface area contributed by atoms with Gasteiger partial charge >= 0.3 is 0 Å². The van der Waals surface area contributed by atoms with E-state index in [1.54, 1.807) is 0 Å². The predicted octanol–water partition coefficient (Wildman–Crippen LogP) is 3.76. The van der Waals surface area contributed by atoms with Crippen molar-refractivity contribution in [3.63, 3.8) is 0 Å². The van der Waals surface area contributed by atoms with Gasteiger partial charge in [-0.05, 0) is 43.9 Å². The lowest BCUT2D eigenvalue weighted by Crippen LogP contribution is -2.36. The van der Waals surface area contributed by atoms with Gasteiger partial charge in [-0.1, -0.05) is 45.0 Å². The van der Waals surface area contributed by atoms with Crippen molar-refractivity contribution in [2.24, 2.45) is 0 Å². The summed E-state index contributed by atoms with van der Waals surface area (Å²) in [6.07, 6.45) is 1.32. The first-order valence-electron chi connectivity index (χ1n) is 7.46. The van der Waals surface area contributed by atoms with Crippen LogP contribution in [0.5, 0.6) is 0 Å². The zero-order chi connectivity index (χ0) is 14.3. The molecule has 0 spiro atoms. The summed E-state index contributed by atoms with van der Waals surface area (Å²) >= 11 is 0. The van der Waals surface area contributed by atoms with Crippen LogP contribution >= 0.6 is 0 Å². The molecule has 108 valence electrons. The predicted molar refractivity (Wildman–Crippen MR) is 82.8 cm³/mol. The SMILES string of the molecule is CCNC(COC(C)C)Cc1ccc(C(C)C)cc1. The van der Waals surface area contributed by atoms with Gasteiger partial charge in [-0.3, -0.25) is 0 Å². The van der Waals surface area contributed by atoms with Crippen molar-refractivity contribution < 1.29 is 4.74 Å². The van der Waals surface area contributed by atoms with Gasteiger partial charge < -0.3 is 10.1 Å². The quantitative estimate of drug-likeness (QED) is 0.771. The molecule has 2 heteroatoms. The van der Waals surface area contributed by atoms with E-state index in [1.807, 2.05) is 0 Å². The third-order valence-electron chi connectivity index (χ3n) is 3.25. The van der Waals surface area contributed by atoms with E-state index < -0.39 is 0 Å². The summed E-state index contributed by atoms with van der Waals surface area (Å²) in [7, 11) is 0. The van der Waals surface area contributed by atoms with Crippen LogP contribution in [0.2, 0.25) is 0 Å². The second kappa shape index (κ2) is 8.34. The number of ether oxygens (including phenoxy) is 1. The van der Waals surface area contributed by atoms with Gasteiger partial charge in [0.1, 0.15) is 0 Å². The Kier molecular flexibility index (Phi) is 7.11. The van der Waals surface area contributed by atoms with Gasteiger partial charge in [0.05, 0.1) is 12.7 Å². The van der Waals surface area contributed by atoms with E-state index in [2.05, 4.69) is 64.2 Å². The molecule has 0 bridgehead atoms. The molecular weight excluding hydrogens is 234 g/mol. The average Bonchev–Trinajstić information content (AvgIpc) is 2.37. The molecular formula is C17H29NO. The molecule has 2 nitrogen and oxygen atoms in total. The molecule has 1 N–H and O–H groups in total. The Hall–Kier alpha value is -0.860. The lowest BCUT2D eigenvalue weighted by molar-refractivity contribution is 0.0616. The molecule has 1 aromatic carbocycles. The van der Waals surface area contributed by atoms with Gasteiger partial charge in [-0.25, -0.2) is 0 Å². The molecule has 19 heavy (non-hydrogen) atoms. The zero-order valence-corrected chi connectivity index (χ0v) is 13.1. The van der Waals surface area contributed by atoms with Crippen LogP contribution < -0.4 is 5.32 Å². The van der Waals surface area contributed by atoms with Crippen LogP contribution in [0.15, 0.2) is 24.3 Å². The summed E-state index contributed by atoms with van der Waals surface area (Å²) in [4.78, 5) is 0. The molecule has 1 atom stereocenters. The molecule has 0 heterocycles. The van der Waals surface area contributed by atoms with Gasteiger partial charge in [0.15, 0.2) is 0 Å². The molecule has 0 aliphatic carbocycles. The van der Waals surface area contributed by atoms with E-state index in [9.17, 15) is 0 Å². The van der Waals surface area contributed by atoms with Crippen molar-refractivity contribution in [2.45, 2.75) is 59.1 Å². The molecule has 0 aromatic heterocycles. The third-order valence-corrected chi connectivity index (χ3v) is 3.25. The lowest BCUT2D eigenvalue weighted by Gasteiger charge is -2.20. The normalized spacial score (nSPS) is 13.2. The molecule has 0 amide bonds. The highest BCUT2D eigenvalue weighted by atomic mass is 16.5. The van der Waals surface area contributed by atoms with Crippen LogP contribution in [0.1, 0.15) is 51.7 Å². The topological polar surface area (TPSA) is 21.3 Å². The van der Waals surface area contributed by atoms with E-state index in [-0.39, 0.29) is 0 Å².